The van der Waals surface area contributed by atoms with Crippen LogP contribution in [0.5, 0.6) is 0 Å². The molecule has 0 amide bonds. The van der Waals surface area contributed by atoms with E-state index in [1.165, 1.54) is 5.56 Å². The van der Waals surface area contributed by atoms with Crippen LogP contribution >= 0.6 is 11.3 Å². The van der Waals surface area contributed by atoms with Crippen LogP contribution in [0.15, 0.2) is 47.3 Å². The molecule has 0 saturated carbocycles. The van der Waals surface area contributed by atoms with Gasteiger partial charge in [-0.3, -0.25) is 4.79 Å². The first-order valence-electron chi connectivity index (χ1n) is 6.24. The van der Waals surface area contributed by atoms with Gasteiger partial charge in [0.2, 0.25) is 0 Å². The van der Waals surface area contributed by atoms with E-state index in [-0.39, 0.29) is 5.43 Å². The van der Waals surface area contributed by atoms with E-state index >= 15 is 0 Å². The average Bonchev–Trinajstić information content (AvgIpc) is 2.40. The van der Waals surface area contributed by atoms with Gasteiger partial charge in [-0.25, -0.2) is 0 Å². The van der Waals surface area contributed by atoms with Crippen LogP contribution in [0.4, 0.5) is 0 Å². The highest BCUT2D eigenvalue weighted by Crippen LogP contribution is 2.25. The minimum atomic E-state index is 0.164. The van der Waals surface area contributed by atoms with Crippen molar-refractivity contribution in [3.8, 4) is 0 Å². The fourth-order valence-electron chi connectivity index (χ4n) is 2.29. The molecular weight excluding hydrogens is 240 g/mol. The van der Waals surface area contributed by atoms with Gasteiger partial charge in [0.05, 0.1) is 0 Å². The summed E-state index contributed by atoms with van der Waals surface area (Å²) in [6.07, 6.45) is 2.14. The molecule has 0 spiro atoms. The molecule has 2 aromatic carbocycles. The molecule has 0 aliphatic heterocycles. The molecule has 0 atom stereocenters. The number of benzene rings is 2. The Morgan fingerprint density at radius 1 is 1.00 bits per heavy atom. The summed E-state index contributed by atoms with van der Waals surface area (Å²) in [5, 5.41) is 1.70. The lowest BCUT2D eigenvalue weighted by atomic mass is 10.1. The summed E-state index contributed by atoms with van der Waals surface area (Å²) in [7, 11) is 0. The third kappa shape index (κ3) is 1.83. The average molecular weight is 254 g/mol. The summed E-state index contributed by atoms with van der Waals surface area (Å²) >= 11 is 1.69. The van der Waals surface area contributed by atoms with Gasteiger partial charge in [-0.15, -0.1) is 11.3 Å². The quantitative estimate of drug-likeness (QED) is 0.621. The lowest BCUT2D eigenvalue weighted by Crippen LogP contribution is -2.01. The summed E-state index contributed by atoms with van der Waals surface area (Å²) in [5.41, 5.74) is 1.42. The first-order chi connectivity index (χ1) is 8.79. The lowest BCUT2D eigenvalue weighted by molar-refractivity contribution is 0.924. The molecule has 0 bridgehead atoms. The van der Waals surface area contributed by atoms with Crippen molar-refractivity contribution in [1.82, 2.24) is 0 Å². The van der Waals surface area contributed by atoms with Crippen LogP contribution in [-0.2, 0) is 6.42 Å². The van der Waals surface area contributed by atoms with Gasteiger partial charge in [0.1, 0.15) is 0 Å². The van der Waals surface area contributed by atoms with E-state index in [0.29, 0.717) is 0 Å². The molecule has 0 N–H and O–H groups in total. The molecule has 0 unspecified atom stereocenters. The molecule has 0 aliphatic rings. The van der Waals surface area contributed by atoms with Gasteiger partial charge in [0, 0.05) is 20.2 Å². The fourth-order valence-corrected chi connectivity index (χ4v) is 3.35. The van der Waals surface area contributed by atoms with Crippen LogP contribution in [0, 0.1) is 0 Å². The van der Waals surface area contributed by atoms with E-state index in [1.54, 1.807) is 11.3 Å². The summed E-state index contributed by atoms with van der Waals surface area (Å²) in [6, 6.07) is 14.1. The number of fused-ring (bicyclic) bond motifs is 2. The largest absolute Gasteiger partial charge is 0.289 e. The van der Waals surface area contributed by atoms with Gasteiger partial charge < -0.3 is 0 Å². The SMILES string of the molecule is CCCc1ccc2sc3ccccc3c(=O)c2c1. The molecule has 1 heterocycles. The zero-order valence-electron chi connectivity index (χ0n) is 10.3. The van der Waals surface area contributed by atoms with Gasteiger partial charge in [0.25, 0.3) is 0 Å². The Labute approximate surface area is 110 Å². The summed E-state index contributed by atoms with van der Waals surface area (Å²) < 4.78 is 2.15. The van der Waals surface area contributed by atoms with Gasteiger partial charge in [-0.2, -0.15) is 0 Å². The third-order valence-electron chi connectivity index (χ3n) is 3.18. The summed E-state index contributed by atoms with van der Waals surface area (Å²) in [5.74, 6) is 0. The van der Waals surface area contributed by atoms with Crippen molar-refractivity contribution < 1.29 is 0 Å². The molecule has 0 aliphatic carbocycles. The highest BCUT2D eigenvalue weighted by molar-refractivity contribution is 7.24. The van der Waals surface area contributed by atoms with Crippen molar-refractivity contribution in [2.45, 2.75) is 19.8 Å². The molecule has 3 rings (SSSR count). The van der Waals surface area contributed by atoms with Crippen molar-refractivity contribution in [2.75, 3.05) is 0 Å². The summed E-state index contributed by atoms with van der Waals surface area (Å²) in [6.45, 7) is 2.16. The first kappa shape index (κ1) is 11.4. The topological polar surface area (TPSA) is 17.1 Å². The Kier molecular flexibility index (Phi) is 2.88. The van der Waals surface area contributed by atoms with E-state index in [0.717, 1.165) is 33.0 Å². The van der Waals surface area contributed by atoms with E-state index in [1.807, 2.05) is 24.3 Å². The minimum absolute atomic E-state index is 0.164. The molecular formula is C16H14OS. The van der Waals surface area contributed by atoms with E-state index in [2.05, 4.69) is 25.1 Å². The molecule has 90 valence electrons. The van der Waals surface area contributed by atoms with Crippen molar-refractivity contribution in [1.29, 1.82) is 0 Å². The van der Waals surface area contributed by atoms with Crippen molar-refractivity contribution in [2.24, 2.45) is 0 Å². The zero-order chi connectivity index (χ0) is 12.5. The number of hydrogen-bond acceptors (Lipinski definition) is 2. The highest BCUT2D eigenvalue weighted by atomic mass is 32.1. The number of hydrogen-bond donors (Lipinski definition) is 0. The smallest absolute Gasteiger partial charge is 0.195 e. The van der Waals surface area contributed by atoms with Crippen molar-refractivity contribution >= 4 is 31.5 Å². The molecule has 0 fully saturated rings. The Morgan fingerprint density at radius 3 is 2.61 bits per heavy atom. The van der Waals surface area contributed by atoms with Crippen molar-refractivity contribution in [3.05, 3.63) is 58.3 Å². The normalized spacial score (nSPS) is 11.2. The Morgan fingerprint density at radius 2 is 1.78 bits per heavy atom. The Balaban J connectivity index is 2.38. The van der Waals surface area contributed by atoms with Crippen molar-refractivity contribution in [3.63, 3.8) is 0 Å². The van der Waals surface area contributed by atoms with Gasteiger partial charge in [-0.1, -0.05) is 31.5 Å². The first-order valence-corrected chi connectivity index (χ1v) is 7.05. The zero-order valence-corrected chi connectivity index (χ0v) is 11.1. The standard InChI is InChI=1S/C16H14OS/c1-2-5-11-8-9-15-13(10-11)16(17)12-6-3-4-7-14(12)18-15/h3-4,6-10H,2,5H2,1H3. The van der Waals surface area contributed by atoms with Crippen LogP contribution in [-0.4, -0.2) is 0 Å². The monoisotopic (exact) mass is 254 g/mol. The third-order valence-corrected chi connectivity index (χ3v) is 4.33. The van der Waals surface area contributed by atoms with E-state index < -0.39 is 0 Å². The van der Waals surface area contributed by atoms with Gasteiger partial charge >= 0.3 is 0 Å². The predicted octanol–water partition coefficient (Wildman–Crippen LogP) is 4.37. The molecule has 0 radical (unpaired) electrons. The fraction of sp³-hybridized carbons (Fsp3) is 0.188. The summed E-state index contributed by atoms with van der Waals surface area (Å²) in [4.78, 5) is 12.5. The predicted molar refractivity (Wildman–Crippen MR) is 79.6 cm³/mol. The van der Waals surface area contributed by atoms with Gasteiger partial charge in [-0.05, 0) is 36.2 Å². The second-order valence-electron chi connectivity index (χ2n) is 4.51. The molecule has 2 heteroatoms. The second-order valence-corrected chi connectivity index (χ2v) is 5.59. The van der Waals surface area contributed by atoms with Crippen LogP contribution in [0.1, 0.15) is 18.9 Å². The van der Waals surface area contributed by atoms with Crippen LogP contribution in [0.3, 0.4) is 0 Å². The molecule has 0 saturated heterocycles. The molecule has 18 heavy (non-hydrogen) atoms. The van der Waals surface area contributed by atoms with E-state index in [4.69, 9.17) is 0 Å². The molecule has 3 aromatic rings. The minimum Gasteiger partial charge on any atom is -0.289 e. The second kappa shape index (κ2) is 4.54. The number of rotatable bonds is 2. The Hall–Kier alpha value is -1.67. The molecule has 1 aromatic heterocycles. The maximum absolute atomic E-state index is 12.5. The van der Waals surface area contributed by atoms with Crippen LogP contribution in [0.2, 0.25) is 0 Å². The number of aryl methyl sites for hydroxylation is 1. The van der Waals surface area contributed by atoms with Crippen LogP contribution in [0.25, 0.3) is 20.2 Å². The Bertz CT molecular complexity index is 771. The maximum atomic E-state index is 12.5. The lowest BCUT2D eigenvalue weighted by Gasteiger charge is -2.03. The highest BCUT2D eigenvalue weighted by Gasteiger charge is 2.05. The molecule has 1 nitrogen and oxygen atoms in total. The van der Waals surface area contributed by atoms with Crippen LogP contribution < -0.4 is 5.43 Å². The van der Waals surface area contributed by atoms with E-state index in [9.17, 15) is 4.79 Å². The van der Waals surface area contributed by atoms with Gasteiger partial charge in [0.15, 0.2) is 5.43 Å². The maximum Gasteiger partial charge on any atom is 0.195 e.